The van der Waals surface area contributed by atoms with E-state index in [1.54, 1.807) is 6.07 Å². The lowest BCUT2D eigenvalue weighted by atomic mass is 10.2. The number of halogens is 2. The Morgan fingerprint density at radius 1 is 1.00 bits per heavy atom. The molecule has 0 saturated heterocycles. The SMILES string of the molecule is O=C(OCc1cc(-c2cc3ccccc3o2)on1)c1ccc(F)c(F)c1. The van der Waals surface area contributed by atoms with Gasteiger partial charge >= 0.3 is 5.97 Å². The minimum Gasteiger partial charge on any atom is -0.455 e. The number of nitrogens with zero attached hydrogens (tertiary/aromatic N) is 1. The van der Waals surface area contributed by atoms with Crippen molar-refractivity contribution >= 4 is 16.9 Å². The van der Waals surface area contributed by atoms with Gasteiger partial charge in [-0.1, -0.05) is 23.4 Å². The molecule has 0 N–H and O–H groups in total. The van der Waals surface area contributed by atoms with Gasteiger partial charge in [-0.25, -0.2) is 13.6 Å². The molecule has 5 nitrogen and oxygen atoms in total. The van der Waals surface area contributed by atoms with Gasteiger partial charge < -0.3 is 13.7 Å². The predicted molar refractivity (Wildman–Crippen MR) is 87.2 cm³/mol. The number of benzene rings is 2. The Morgan fingerprint density at radius 3 is 2.65 bits per heavy atom. The lowest BCUT2D eigenvalue weighted by Gasteiger charge is -2.02. The Labute approximate surface area is 145 Å². The first-order valence-electron chi connectivity index (χ1n) is 7.67. The number of carbonyl (C=O) groups is 1. The van der Waals surface area contributed by atoms with E-state index in [0.29, 0.717) is 22.8 Å². The smallest absolute Gasteiger partial charge is 0.338 e. The van der Waals surface area contributed by atoms with Crippen molar-refractivity contribution in [3.05, 3.63) is 77.5 Å². The van der Waals surface area contributed by atoms with E-state index in [4.69, 9.17) is 13.7 Å². The van der Waals surface area contributed by atoms with Crippen LogP contribution in [-0.2, 0) is 11.3 Å². The van der Waals surface area contributed by atoms with Crippen LogP contribution in [0.3, 0.4) is 0 Å². The highest BCUT2D eigenvalue weighted by atomic mass is 19.2. The Balaban J connectivity index is 1.46. The molecule has 0 aliphatic heterocycles. The van der Waals surface area contributed by atoms with Crippen LogP contribution in [0.1, 0.15) is 16.1 Å². The normalized spacial score (nSPS) is 11.0. The van der Waals surface area contributed by atoms with Crippen molar-refractivity contribution in [2.75, 3.05) is 0 Å². The lowest BCUT2D eigenvalue weighted by molar-refractivity contribution is 0.0463. The summed E-state index contributed by atoms with van der Waals surface area (Å²) in [5.41, 5.74) is 0.978. The first-order chi connectivity index (χ1) is 12.6. The van der Waals surface area contributed by atoms with E-state index in [9.17, 15) is 13.6 Å². The molecular weight excluding hydrogens is 344 g/mol. The monoisotopic (exact) mass is 355 g/mol. The van der Waals surface area contributed by atoms with E-state index in [-0.39, 0.29) is 12.2 Å². The maximum Gasteiger partial charge on any atom is 0.338 e. The number of hydrogen-bond donors (Lipinski definition) is 0. The zero-order chi connectivity index (χ0) is 18.1. The van der Waals surface area contributed by atoms with Crippen LogP contribution in [0.5, 0.6) is 0 Å². The van der Waals surface area contributed by atoms with Crippen molar-refractivity contribution in [1.82, 2.24) is 5.16 Å². The van der Waals surface area contributed by atoms with Crippen molar-refractivity contribution in [3.63, 3.8) is 0 Å². The number of aromatic nitrogens is 1. The molecule has 0 saturated carbocycles. The van der Waals surface area contributed by atoms with Crippen molar-refractivity contribution in [3.8, 4) is 11.5 Å². The molecule has 0 fully saturated rings. The zero-order valence-corrected chi connectivity index (χ0v) is 13.2. The molecule has 0 unspecified atom stereocenters. The maximum absolute atomic E-state index is 13.2. The average molecular weight is 355 g/mol. The average Bonchev–Trinajstić information content (AvgIpc) is 3.28. The lowest BCUT2D eigenvalue weighted by Crippen LogP contribution is -2.06. The van der Waals surface area contributed by atoms with Crippen LogP contribution < -0.4 is 0 Å². The molecule has 130 valence electrons. The highest BCUT2D eigenvalue weighted by Crippen LogP contribution is 2.28. The van der Waals surface area contributed by atoms with Gasteiger partial charge in [-0.05, 0) is 30.3 Å². The van der Waals surface area contributed by atoms with Crippen LogP contribution in [0, 0.1) is 11.6 Å². The molecule has 0 radical (unpaired) electrons. The number of esters is 1. The van der Waals surface area contributed by atoms with Crippen LogP contribution in [0.25, 0.3) is 22.5 Å². The highest BCUT2D eigenvalue weighted by molar-refractivity contribution is 5.89. The van der Waals surface area contributed by atoms with E-state index in [1.165, 1.54) is 0 Å². The van der Waals surface area contributed by atoms with E-state index in [2.05, 4.69) is 5.16 Å². The number of para-hydroxylation sites is 1. The van der Waals surface area contributed by atoms with Crippen molar-refractivity contribution < 1.29 is 27.3 Å². The van der Waals surface area contributed by atoms with Crippen molar-refractivity contribution in [2.24, 2.45) is 0 Å². The number of furan rings is 1. The second-order valence-electron chi connectivity index (χ2n) is 5.54. The number of hydrogen-bond acceptors (Lipinski definition) is 5. The molecule has 0 aliphatic rings. The van der Waals surface area contributed by atoms with Gasteiger partial charge in [0, 0.05) is 11.5 Å². The Morgan fingerprint density at radius 2 is 1.85 bits per heavy atom. The molecule has 0 amide bonds. The summed E-state index contributed by atoms with van der Waals surface area (Å²) in [6.45, 7) is -0.179. The zero-order valence-electron chi connectivity index (χ0n) is 13.2. The van der Waals surface area contributed by atoms with Crippen LogP contribution >= 0.6 is 0 Å². The quantitative estimate of drug-likeness (QED) is 0.496. The van der Waals surface area contributed by atoms with Gasteiger partial charge in [0.25, 0.3) is 0 Å². The molecule has 2 heterocycles. The molecule has 0 bridgehead atoms. The second-order valence-corrected chi connectivity index (χ2v) is 5.54. The molecule has 7 heteroatoms. The van der Waals surface area contributed by atoms with E-state index in [0.717, 1.165) is 23.6 Å². The Kier molecular flexibility index (Phi) is 3.96. The summed E-state index contributed by atoms with van der Waals surface area (Å²) < 4.78 is 42.0. The minimum absolute atomic E-state index is 0.0927. The molecular formula is C19H11F2NO4. The topological polar surface area (TPSA) is 65.5 Å². The van der Waals surface area contributed by atoms with Crippen LogP contribution in [-0.4, -0.2) is 11.1 Å². The van der Waals surface area contributed by atoms with Gasteiger partial charge in [0.1, 0.15) is 17.9 Å². The summed E-state index contributed by atoms with van der Waals surface area (Å²) in [5.74, 6) is -2.06. The van der Waals surface area contributed by atoms with Gasteiger partial charge in [-0.2, -0.15) is 0 Å². The van der Waals surface area contributed by atoms with Gasteiger partial charge in [-0.15, -0.1) is 0 Å². The fraction of sp³-hybridized carbons (Fsp3) is 0.0526. The number of carbonyl (C=O) groups excluding carboxylic acids is 1. The fourth-order valence-electron chi connectivity index (χ4n) is 2.45. The van der Waals surface area contributed by atoms with E-state index < -0.39 is 17.6 Å². The molecule has 4 aromatic rings. The molecule has 2 aromatic heterocycles. The van der Waals surface area contributed by atoms with Gasteiger partial charge in [0.15, 0.2) is 17.4 Å². The first-order valence-corrected chi connectivity index (χ1v) is 7.67. The summed E-state index contributed by atoms with van der Waals surface area (Å²) in [6, 6.07) is 13.7. The van der Waals surface area contributed by atoms with Crippen LogP contribution in [0.4, 0.5) is 8.78 Å². The van der Waals surface area contributed by atoms with Gasteiger partial charge in [0.2, 0.25) is 5.76 Å². The van der Waals surface area contributed by atoms with Gasteiger partial charge in [-0.3, -0.25) is 0 Å². The third kappa shape index (κ3) is 3.06. The molecule has 0 spiro atoms. The first kappa shape index (κ1) is 16.0. The van der Waals surface area contributed by atoms with Crippen molar-refractivity contribution in [1.29, 1.82) is 0 Å². The van der Waals surface area contributed by atoms with E-state index >= 15 is 0 Å². The Hall–Kier alpha value is -3.48. The van der Waals surface area contributed by atoms with Gasteiger partial charge in [0.05, 0.1) is 5.56 Å². The summed E-state index contributed by atoms with van der Waals surface area (Å²) in [5, 5.41) is 4.74. The van der Waals surface area contributed by atoms with Crippen LogP contribution in [0.2, 0.25) is 0 Å². The number of rotatable bonds is 4. The molecule has 4 rings (SSSR count). The van der Waals surface area contributed by atoms with Crippen molar-refractivity contribution in [2.45, 2.75) is 6.61 Å². The summed E-state index contributed by atoms with van der Waals surface area (Å²) >= 11 is 0. The summed E-state index contributed by atoms with van der Waals surface area (Å²) in [4.78, 5) is 11.9. The Bertz CT molecular complexity index is 1070. The largest absolute Gasteiger partial charge is 0.455 e. The predicted octanol–water partition coefficient (Wildman–Crippen LogP) is 4.72. The number of fused-ring (bicyclic) bond motifs is 1. The summed E-state index contributed by atoms with van der Waals surface area (Å²) in [7, 11) is 0. The fourth-order valence-corrected chi connectivity index (χ4v) is 2.45. The third-order valence-electron chi connectivity index (χ3n) is 3.73. The second kappa shape index (κ2) is 6.44. The molecule has 26 heavy (non-hydrogen) atoms. The summed E-state index contributed by atoms with van der Waals surface area (Å²) in [6.07, 6.45) is 0. The maximum atomic E-state index is 13.2. The molecule has 0 aliphatic carbocycles. The standard InChI is InChI=1S/C19H11F2NO4/c20-14-6-5-12(7-15(14)21)19(23)24-10-13-9-18(26-22-13)17-8-11-3-1-2-4-16(11)25-17/h1-9H,10H2. The minimum atomic E-state index is -1.12. The highest BCUT2D eigenvalue weighted by Gasteiger charge is 2.15. The number of ether oxygens (including phenoxy) is 1. The third-order valence-corrected chi connectivity index (χ3v) is 3.73. The van der Waals surface area contributed by atoms with E-state index in [1.807, 2.05) is 30.3 Å². The molecule has 0 atom stereocenters. The van der Waals surface area contributed by atoms with Crippen LogP contribution in [0.15, 0.2) is 63.5 Å². The molecule has 2 aromatic carbocycles.